The lowest BCUT2D eigenvalue weighted by atomic mass is 9.83. The molecule has 2 heteroatoms. The Morgan fingerprint density at radius 2 is 1.71 bits per heavy atom. The van der Waals surface area contributed by atoms with Crippen molar-refractivity contribution in [2.75, 3.05) is 11.4 Å². The molecule has 1 nitrogen and oxygen atoms in total. The van der Waals surface area contributed by atoms with Gasteiger partial charge in [-0.25, -0.2) is 0 Å². The van der Waals surface area contributed by atoms with Gasteiger partial charge in [0, 0.05) is 23.3 Å². The largest absolute Gasteiger partial charge is 0.368 e. The summed E-state index contributed by atoms with van der Waals surface area (Å²) in [5, 5.41) is 0.839. The highest BCUT2D eigenvalue weighted by Gasteiger charge is 2.29. The van der Waals surface area contributed by atoms with Gasteiger partial charge >= 0.3 is 0 Å². The standard InChI is InChI=1S/C15H20ClN/c16-13-6-9-15(10-7-13)17-11-12-3-1-2-4-14(17)8-5-12/h6-7,9-10,12,14H,1-5,8,11H2. The minimum Gasteiger partial charge on any atom is -0.368 e. The van der Waals surface area contributed by atoms with Gasteiger partial charge in [-0.05, 0) is 55.9 Å². The number of piperidine rings is 1. The molecule has 1 aromatic carbocycles. The molecule has 3 fully saturated rings. The van der Waals surface area contributed by atoms with Gasteiger partial charge in [0.05, 0.1) is 0 Å². The zero-order valence-corrected chi connectivity index (χ0v) is 11.0. The van der Waals surface area contributed by atoms with Crippen LogP contribution < -0.4 is 4.90 Å². The Morgan fingerprint density at radius 3 is 2.53 bits per heavy atom. The molecule has 0 radical (unpaired) electrons. The van der Waals surface area contributed by atoms with Crippen molar-refractivity contribution < 1.29 is 0 Å². The monoisotopic (exact) mass is 249 g/mol. The van der Waals surface area contributed by atoms with Crippen LogP contribution in [0, 0.1) is 5.92 Å². The first-order valence-corrected chi connectivity index (χ1v) is 7.23. The van der Waals surface area contributed by atoms with Crippen LogP contribution in [0.15, 0.2) is 24.3 Å². The second kappa shape index (κ2) is 4.89. The van der Waals surface area contributed by atoms with E-state index in [1.165, 1.54) is 50.8 Å². The van der Waals surface area contributed by atoms with Crippen LogP contribution >= 0.6 is 11.6 Å². The summed E-state index contributed by atoms with van der Waals surface area (Å²) in [5.74, 6) is 0.919. The number of fused-ring (bicyclic) bond motifs is 5. The third-order valence-corrected chi connectivity index (χ3v) is 4.61. The normalized spacial score (nSPS) is 28.9. The van der Waals surface area contributed by atoms with Crippen LogP contribution in [0.4, 0.5) is 5.69 Å². The third kappa shape index (κ3) is 2.44. The van der Waals surface area contributed by atoms with Crippen LogP contribution in [-0.4, -0.2) is 12.6 Å². The maximum absolute atomic E-state index is 5.97. The molecule has 17 heavy (non-hydrogen) atoms. The highest BCUT2D eigenvalue weighted by Crippen LogP contribution is 2.35. The summed E-state index contributed by atoms with van der Waals surface area (Å²) in [4.78, 5) is 2.63. The van der Waals surface area contributed by atoms with Crippen molar-refractivity contribution >= 4 is 17.3 Å². The highest BCUT2D eigenvalue weighted by molar-refractivity contribution is 6.30. The SMILES string of the molecule is Clc1ccc(N2CC3CCCCC2CC3)cc1. The zero-order valence-electron chi connectivity index (χ0n) is 10.2. The molecule has 2 saturated heterocycles. The molecule has 2 bridgehead atoms. The number of nitrogens with zero attached hydrogens (tertiary/aromatic N) is 1. The van der Waals surface area contributed by atoms with Crippen LogP contribution in [0.1, 0.15) is 38.5 Å². The number of benzene rings is 1. The number of hydrogen-bond acceptors (Lipinski definition) is 1. The molecule has 2 aliphatic heterocycles. The quantitative estimate of drug-likeness (QED) is 0.708. The molecule has 0 spiro atoms. The third-order valence-electron chi connectivity index (χ3n) is 4.36. The van der Waals surface area contributed by atoms with E-state index in [2.05, 4.69) is 17.0 Å². The first-order chi connectivity index (χ1) is 8.33. The number of anilines is 1. The fourth-order valence-electron chi connectivity index (χ4n) is 3.40. The highest BCUT2D eigenvalue weighted by atomic mass is 35.5. The summed E-state index contributed by atoms with van der Waals surface area (Å²) in [7, 11) is 0. The van der Waals surface area contributed by atoms with Gasteiger partial charge in [0.2, 0.25) is 0 Å². The van der Waals surface area contributed by atoms with E-state index in [9.17, 15) is 0 Å². The lowest BCUT2D eigenvalue weighted by Gasteiger charge is -2.43. The van der Waals surface area contributed by atoms with Crippen LogP contribution in [0.5, 0.6) is 0 Å². The van der Waals surface area contributed by atoms with E-state index < -0.39 is 0 Å². The van der Waals surface area contributed by atoms with Gasteiger partial charge < -0.3 is 4.90 Å². The Kier molecular flexibility index (Phi) is 3.28. The van der Waals surface area contributed by atoms with Gasteiger partial charge in [0.25, 0.3) is 0 Å². The zero-order chi connectivity index (χ0) is 11.7. The molecule has 0 N–H and O–H groups in total. The molecular formula is C15H20ClN. The Balaban J connectivity index is 1.83. The van der Waals surface area contributed by atoms with Crippen LogP contribution in [0.25, 0.3) is 0 Å². The molecule has 2 heterocycles. The number of rotatable bonds is 1. The van der Waals surface area contributed by atoms with E-state index in [1.807, 2.05) is 12.1 Å². The van der Waals surface area contributed by atoms with Gasteiger partial charge in [-0.3, -0.25) is 0 Å². The molecule has 2 atom stereocenters. The maximum Gasteiger partial charge on any atom is 0.0407 e. The Labute approximate surface area is 109 Å². The summed E-state index contributed by atoms with van der Waals surface area (Å²) >= 11 is 5.97. The first-order valence-electron chi connectivity index (χ1n) is 6.85. The molecule has 1 saturated carbocycles. The van der Waals surface area contributed by atoms with Crippen LogP contribution in [0.2, 0.25) is 5.02 Å². The molecule has 1 aromatic rings. The van der Waals surface area contributed by atoms with Gasteiger partial charge in [-0.1, -0.05) is 24.4 Å². The average molecular weight is 250 g/mol. The maximum atomic E-state index is 5.97. The van der Waals surface area contributed by atoms with E-state index in [0.29, 0.717) is 0 Å². The second-order valence-corrected chi connectivity index (χ2v) is 5.95. The average Bonchev–Trinajstić information content (AvgIpc) is 2.30. The first kappa shape index (κ1) is 11.4. The fraction of sp³-hybridized carbons (Fsp3) is 0.600. The number of hydrogen-bond donors (Lipinski definition) is 0. The molecule has 4 rings (SSSR count). The topological polar surface area (TPSA) is 3.24 Å². The molecule has 0 amide bonds. The molecular weight excluding hydrogens is 230 g/mol. The summed E-state index contributed by atoms with van der Waals surface area (Å²) in [5.41, 5.74) is 1.37. The van der Waals surface area contributed by atoms with Gasteiger partial charge in [0.15, 0.2) is 0 Å². The lowest BCUT2D eigenvalue weighted by molar-refractivity contribution is 0.288. The minimum absolute atomic E-state index is 0.771. The predicted octanol–water partition coefficient (Wildman–Crippen LogP) is 4.50. The summed E-state index contributed by atoms with van der Waals surface area (Å²) < 4.78 is 0. The minimum atomic E-state index is 0.771. The molecule has 2 unspecified atom stereocenters. The lowest BCUT2D eigenvalue weighted by Crippen LogP contribution is -2.44. The van der Waals surface area contributed by atoms with Crippen molar-refractivity contribution in [1.82, 2.24) is 0 Å². The van der Waals surface area contributed by atoms with Gasteiger partial charge in [-0.2, -0.15) is 0 Å². The fourth-order valence-corrected chi connectivity index (χ4v) is 3.53. The van der Waals surface area contributed by atoms with Gasteiger partial charge in [-0.15, -0.1) is 0 Å². The molecule has 1 aliphatic carbocycles. The number of halogens is 1. The van der Waals surface area contributed by atoms with Crippen molar-refractivity contribution in [3.63, 3.8) is 0 Å². The summed E-state index contributed by atoms with van der Waals surface area (Å²) in [6, 6.07) is 9.17. The Morgan fingerprint density at radius 1 is 0.941 bits per heavy atom. The summed E-state index contributed by atoms with van der Waals surface area (Å²) in [6.07, 6.45) is 8.47. The van der Waals surface area contributed by atoms with E-state index in [1.54, 1.807) is 0 Å². The van der Waals surface area contributed by atoms with Crippen molar-refractivity contribution in [3.8, 4) is 0 Å². The summed E-state index contributed by atoms with van der Waals surface area (Å²) in [6.45, 7) is 1.26. The van der Waals surface area contributed by atoms with E-state index in [0.717, 1.165) is 17.0 Å². The smallest absolute Gasteiger partial charge is 0.0407 e. The van der Waals surface area contributed by atoms with Crippen molar-refractivity contribution in [3.05, 3.63) is 29.3 Å². The van der Waals surface area contributed by atoms with Crippen molar-refractivity contribution in [2.45, 2.75) is 44.6 Å². The Bertz CT molecular complexity index is 369. The van der Waals surface area contributed by atoms with E-state index in [4.69, 9.17) is 11.6 Å². The Hall–Kier alpha value is -0.690. The molecule has 0 aromatic heterocycles. The van der Waals surface area contributed by atoms with E-state index in [-0.39, 0.29) is 0 Å². The molecule has 3 aliphatic rings. The predicted molar refractivity (Wildman–Crippen MR) is 73.8 cm³/mol. The van der Waals surface area contributed by atoms with Gasteiger partial charge in [0.1, 0.15) is 0 Å². The van der Waals surface area contributed by atoms with Crippen LogP contribution in [-0.2, 0) is 0 Å². The molecule has 92 valence electrons. The second-order valence-electron chi connectivity index (χ2n) is 5.51. The van der Waals surface area contributed by atoms with E-state index >= 15 is 0 Å². The van der Waals surface area contributed by atoms with Crippen LogP contribution in [0.3, 0.4) is 0 Å². The van der Waals surface area contributed by atoms with Crippen molar-refractivity contribution in [1.29, 1.82) is 0 Å². The van der Waals surface area contributed by atoms with Crippen molar-refractivity contribution in [2.24, 2.45) is 5.92 Å².